The largest absolute Gasteiger partial charge is 0.508 e. The van der Waals surface area contributed by atoms with E-state index >= 15 is 0 Å². The van der Waals surface area contributed by atoms with Crippen LogP contribution in [0.4, 0.5) is 0 Å². The second-order valence-corrected chi connectivity index (χ2v) is 12.8. The molecule has 0 aliphatic heterocycles. The van der Waals surface area contributed by atoms with E-state index in [4.69, 9.17) is 0 Å². The Morgan fingerprint density at radius 2 is 1.58 bits per heavy atom. The number of aryl methyl sites for hydroxylation is 1. The SMILES string of the molecule is CCC(CC)/C(C)=C/c1ccc(O)c(C)c1-c1c(C)cccc1CC(C)C1(C(C)(CC)CC)CCCCC1. The number of benzene rings is 2. The fraction of sp³-hybridized carbons (Fsp3) is 0.622. The van der Waals surface area contributed by atoms with Gasteiger partial charge in [-0.15, -0.1) is 0 Å². The molecule has 0 bridgehead atoms. The van der Waals surface area contributed by atoms with Crippen molar-refractivity contribution in [3.8, 4) is 16.9 Å². The van der Waals surface area contributed by atoms with Crippen LogP contribution >= 0.6 is 0 Å². The van der Waals surface area contributed by atoms with E-state index < -0.39 is 0 Å². The van der Waals surface area contributed by atoms with Crippen LogP contribution in [0.2, 0.25) is 0 Å². The molecule has 38 heavy (non-hydrogen) atoms. The van der Waals surface area contributed by atoms with Gasteiger partial charge in [0.15, 0.2) is 0 Å². The number of aromatic hydroxyl groups is 1. The molecule has 3 rings (SSSR count). The highest BCUT2D eigenvalue weighted by Gasteiger charge is 2.49. The van der Waals surface area contributed by atoms with E-state index in [0.717, 1.165) is 24.8 Å². The van der Waals surface area contributed by atoms with Gasteiger partial charge < -0.3 is 5.11 Å². The van der Waals surface area contributed by atoms with Crippen molar-refractivity contribution >= 4 is 6.08 Å². The lowest BCUT2D eigenvalue weighted by Gasteiger charge is -2.55. The fourth-order valence-electron chi connectivity index (χ4n) is 8.08. The van der Waals surface area contributed by atoms with Gasteiger partial charge in [-0.1, -0.05) is 110 Å². The molecule has 1 saturated carbocycles. The summed E-state index contributed by atoms with van der Waals surface area (Å²) in [6, 6.07) is 10.9. The molecule has 1 N–H and O–H groups in total. The molecule has 0 aromatic heterocycles. The maximum atomic E-state index is 10.9. The van der Waals surface area contributed by atoms with E-state index in [9.17, 15) is 5.11 Å². The van der Waals surface area contributed by atoms with Crippen LogP contribution in [0.15, 0.2) is 35.9 Å². The average molecular weight is 517 g/mol. The first-order valence-corrected chi connectivity index (χ1v) is 15.7. The van der Waals surface area contributed by atoms with Gasteiger partial charge in [-0.3, -0.25) is 0 Å². The van der Waals surface area contributed by atoms with Gasteiger partial charge in [0.05, 0.1) is 0 Å². The quantitative estimate of drug-likeness (QED) is 0.315. The molecule has 2 aromatic rings. The predicted octanol–water partition coefficient (Wildman–Crippen LogP) is 11.5. The summed E-state index contributed by atoms with van der Waals surface area (Å²) in [5.74, 6) is 1.60. The molecule has 1 atom stereocenters. The first-order chi connectivity index (χ1) is 18.1. The second-order valence-electron chi connectivity index (χ2n) is 12.8. The minimum Gasteiger partial charge on any atom is -0.508 e. The third kappa shape index (κ3) is 5.78. The molecule has 210 valence electrons. The smallest absolute Gasteiger partial charge is 0.119 e. The summed E-state index contributed by atoms with van der Waals surface area (Å²) in [6.45, 7) is 21.2. The van der Waals surface area contributed by atoms with Crippen LogP contribution in [0.1, 0.15) is 129 Å². The van der Waals surface area contributed by atoms with Crippen LogP contribution < -0.4 is 0 Å². The van der Waals surface area contributed by atoms with Crippen LogP contribution in [0.25, 0.3) is 17.2 Å². The first-order valence-electron chi connectivity index (χ1n) is 15.7. The number of hydrogen-bond acceptors (Lipinski definition) is 1. The minimum atomic E-state index is 0.373. The summed E-state index contributed by atoms with van der Waals surface area (Å²) in [7, 11) is 0. The van der Waals surface area contributed by atoms with Gasteiger partial charge in [0.2, 0.25) is 0 Å². The standard InChI is InChI=1S/C37H56O/c1-10-30(11-2)27(6)24-32-20-21-33(38)29(8)35(32)34-26(5)18-17-19-31(34)25-28(7)37(22-15-14-16-23-37)36(9,12-3)13-4/h17-21,24,28,30,38H,10-16,22-23,25H2,1-9H3/b27-24+. The Morgan fingerprint density at radius 3 is 2.16 bits per heavy atom. The Bertz CT molecular complexity index is 1090. The van der Waals surface area contributed by atoms with Crippen LogP contribution in [0.5, 0.6) is 5.75 Å². The Kier molecular flexibility index (Phi) is 10.4. The second kappa shape index (κ2) is 12.9. The molecule has 1 heteroatoms. The summed E-state index contributed by atoms with van der Waals surface area (Å²) in [5, 5.41) is 10.9. The van der Waals surface area contributed by atoms with Crippen molar-refractivity contribution < 1.29 is 5.11 Å². The maximum absolute atomic E-state index is 10.9. The van der Waals surface area contributed by atoms with Gasteiger partial charge >= 0.3 is 0 Å². The number of phenolic OH excluding ortho intramolecular Hbond substituents is 1. The normalized spacial score (nSPS) is 17.2. The van der Waals surface area contributed by atoms with E-state index in [1.165, 1.54) is 78.3 Å². The average Bonchev–Trinajstić information content (AvgIpc) is 2.92. The van der Waals surface area contributed by atoms with Gasteiger partial charge in [0.1, 0.15) is 5.75 Å². The van der Waals surface area contributed by atoms with Gasteiger partial charge in [-0.2, -0.15) is 0 Å². The van der Waals surface area contributed by atoms with E-state index in [2.05, 4.69) is 92.7 Å². The molecule has 1 aliphatic rings. The van der Waals surface area contributed by atoms with Gasteiger partial charge in [0, 0.05) is 0 Å². The molecule has 1 nitrogen and oxygen atoms in total. The van der Waals surface area contributed by atoms with Crippen molar-refractivity contribution in [2.45, 2.75) is 127 Å². The first kappa shape index (κ1) is 30.5. The van der Waals surface area contributed by atoms with Crippen LogP contribution in [-0.4, -0.2) is 5.11 Å². The molecular formula is C37H56O. The monoisotopic (exact) mass is 516 g/mol. The lowest BCUT2D eigenvalue weighted by Crippen LogP contribution is -2.46. The fourth-order valence-corrected chi connectivity index (χ4v) is 8.08. The molecule has 0 spiro atoms. The minimum absolute atomic E-state index is 0.373. The van der Waals surface area contributed by atoms with Crippen molar-refractivity contribution in [1.29, 1.82) is 0 Å². The number of phenols is 1. The Hall–Kier alpha value is -2.02. The molecule has 0 saturated heterocycles. The molecule has 1 unspecified atom stereocenters. The van der Waals surface area contributed by atoms with Gasteiger partial charge in [-0.25, -0.2) is 0 Å². The molecule has 2 aromatic carbocycles. The lowest BCUT2D eigenvalue weighted by atomic mass is 9.50. The molecule has 0 radical (unpaired) electrons. The summed E-state index contributed by atoms with van der Waals surface area (Å²) in [4.78, 5) is 0. The van der Waals surface area contributed by atoms with E-state index in [0.29, 0.717) is 28.4 Å². The van der Waals surface area contributed by atoms with Crippen LogP contribution in [0, 0.1) is 36.5 Å². The lowest BCUT2D eigenvalue weighted by molar-refractivity contribution is -0.0456. The highest BCUT2D eigenvalue weighted by Crippen LogP contribution is 2.58. The maximum Gasteiger partial charge on any atom is 0.119 e. The molecule has 0 amide bonds. The summed E-state index contributed by atoms with van der Waals surface area (Å²) in [6.07, 6.45) is 15.2. The third-order valence-corrected chi connectivity index (χ3v) is 11.1. The number of rotatable bonds is 11. The van der Waals surface area contributed by atoms with Crippen molar-refractivity contribution in [1.82, 2.24) is 0 Å². The predicted molar refractivity (Wildman–Crippen MR) is 168 cm³/mol. The van der Waals surface area contributed by atoms with Crippen molar-refractivity contribution in [3.63, 3.8) is 0 Å². The summed E-state index contributed by atoms with van der Waals surface area (Å²) in [5.41, 5.74) is 9.76. The Balaban J connectivity index is 2.17. The van der Waals surface area contributed by atoms with E-state index in [1.807, 2.05) is 6.07 Å². The highest BCUT2D eigenvalue weighted by molar-refractivity contribution is 5.84. The highest BCUT2D eigenvalue weighted by atomic mass is 16.3. The zero-order valence-electron chi connectivity index (χ0n) is 26.1. The summed E-state index contributed by atoms with van der Waals surface area (Å²) < 4.78 is 0. The zero-order valence-corrected chi connectivity index (χ0v) is 26.1. The van der Waals surface area contributed by atoms with Gasteiger partial charge in [0.25, 0.3) is 0 Å². The topological polar surface area (TPSA) is 20.2 Å². The van der Waals surface area contributed by atoms with E-state index in [-0.39, 0.29) is 0 Å². The van der Waals surface area contributed by atoms with Crippen LogP contribution in [-0.2, 0) is 6.42 Å². The molecule has 1 aliphatic carbocycles. The van der Waals surface area contributed by atoms with Gasteiger partial charge in [-0.05, 0) is 115 Å². The Labute approximate surface area is 235 Å². The zero-order chi connectivity index (χ0) is 28.1. The number of hydrogen-bond donors (Lipinski definition) is 1. The van der Waals surface area contributed by atoms with E-state index in [1.54, 1.807) is 0 Å². The number of allylic oxidation sites excluding steroid dienone is 1. The van der Waals surface area contributed by atoms with Crippen molar-refractivity contribution in [2.24, 2.45) is 22.7 Å². The summed E-state index contributed by atoms with van der Waals surface area (Å²) >= 11 is 0. The molecule has 1 fully saturated rings. The molecule has 0 heterocycles. The van der Waals surface area contributed by atoms with Crippen molar-refractivity contribution in [2.75, 3.05) is 0 Å². The third-order valence-electron chi connectivity index (χ3n) is 11.1. The van der Waals surface area contributed by atoms with Crippen molar-refractivity contribution in [3.05, 3.63) is 58.2 Å². The molecular weight excluding hydrogens is 460 g/mol. The Morgan fingerprint density at radius 1 is 0.947 bits per heavy atom. The van der Waals surface area contributed by atoms with Crippen LogP contribution in [0.3, 0.4) is 0 Å².